The van der Waals surface area contributed by atoms with Crippen LogP contribution in [0.1, 0.15) is 29.4 Å². The molecule has 1 fully saturated rings. The Morgan fingerprint density at radius 1 is 0.966 bits per heavy atom. The minimum Gasteiger partial charge on any atom is -0.435 e. The predicted molar refractivity (Wildman–Crippen MR) is 105 cm³/mol. The number of aromatic nitrogens is 4. The van der Waals surface area contributed by atoms with Crippen molar-refractivity contribution in [2.75, 3.05) is 5.32 Å². The molecule has 2 heterocycles. The summed E-state index contributed by atoms with van der Waals surface area (Å²) < 4.78 is 28.7. The van der Waals surface area contributed by atoms with Crippen LogP contribution in [-0.4, -0.2) is 26.8 Å². The molecular weight excluding hydrogens is 376 g/mol. The van der Waals surface area contributed by atoms with E-state index in [1.54, 1.807) is 12.1 Å². The lowest BCUT2D eigenvalue weighted by molar-refractivity contribution is -0.0498. The molecule has 1 aliphatic rings. The van der Waals surface area contributed by atoms with Crippen molar-refractivity contribution in [1.29, 1.82) is 0 Å². The highest BCUT2D eigenvalue weighted by Gasteiger charge is 2.40. The quantitative estimate of drug-likeness (QED) is 0.484. The SMILES string of the molecule is FC(F)Oc1ccc(Nc2ncc(C3CC3c3ccc4[nH]ncc4c3)cn2)cc1. The summed E-state index contributed by atoms with van der Waals surface area (Å²) in [5.74, 6) is 1.45. The normalized spacial score (nSPS) is 18.2. The fourth-order valence-corrected chi connectivity index (χ4v) is 3.57. The van der Waals surface area contributed by atoms with Gasteiger partial charge in [0.15, 0.2) is 0 Å². The van der Waals surface area contributed by atoms with Gasteiger partial charge in [0.2, 0.25) is 5.95 Å². The number of anilines is 2. The van der Waals surface area contributed by atoms with Crippen LogP contribution in [0, 0.1) is 0 Å². The van der Waals surface area contributed by atoms with Gasteiger partial charge in [0, 0.05) is 23.5 Å². The van der Waals surface area contributed by atoms with Crippen LogP contribution in [0.2, 0.25) is 0 Å². The largest absolute Gasteiger partial charge is 0.435 e. The molecule has 0 aliphatic heterocycles. The summed E-state index contributed by atoms with van der Waals surface area (Å²) in [6.45, 7) is -2.84. The second-order valence-corrected chi connectivity index (χ2v) is 7.03. The highest BCUT2D eigenvalue weighted by atomic mass is 19.3. The van der Waals surface area contributed by atoms with Crippen molar-refractivity contribution in [2.45, 2.75) is 24.9 Å². The number of hydrogen-bond acceptors (Lipinski definition) is 5. The number of fused-ring (bicyclic) bond motifs is 1. The van der Waals surface area contributed by atoms with E-state index in [9.17, 15) is 8.78 Å². The number of nitrogens with zero attached hydrogens (tertiary/aromatic N) is 3. The molecule has 2 aromatic heterocycles. The van der Waals surface area contributed by atoms with E-state index in [0.29, 0.717) is 23.5 Å². The number of H-pyrrole nitrogens is 1. The molecular formula is C21H17F2N5O. The number of alkyl halides is 2. The van der Waals surface area contributed by atoms with Gasteiger partial charge in [0.25, 0.3) is 0 Å². The zero-order valence-electron chi connectivity index (χ0n) is 15.2. The van der Waals surface area contributed by atoms with Gasteiger partial charge in [-0.1, -0.05) is 6.07 Å². The van der Waals surface area contributed by atoms with E-state index in [1.807, 2.05) is 18.6 Å². The summed E-state index contributed by atoms with van der Waals surface area (Å²) in [5.41, 5.74) is 4.14. The average molecular weight is 393 g/mol. The van der Waals surface area contributed by atoms with Gasteiger partial charge in [-0.15, -0.1) is 0 Å². The van der Waals surface area contributed by atoms with Crippen molar-refractivity contribution in [3.8, 4) is 5.75 Å². The molecule has 0 bridgehead atoms. The van der Waals surface area contributed by atoms with E-state index in [0.717, 1.165) is 22.9 Å². The number of halogens is 2. The fraction of sp³-hybridized carbons (Fsp3) is 0.190. The molecule has 5 rings (SSSR count). The van der Waals surface area contributed by atoms with Crippen molar-refractivity contribution in [1.82, 2.24) is 20.2 Å². The zero-order valence-corrected chi connectivity index (χ0v) is 15.2. The van der Waals surface area contributed by atoms with Gasteiger partial charge in [-0.25, -0.2) is 9.97 Å². The van der Waals surface area contributed by atoms with E-state index in [2.05, 4.69) is 48.4 Å². The van der Waals surface area contributed by atoms with E-state index < -0.39 is 6.61 Å². The summed E-state index contributed by atoms with van der Waals surface area (Å²) >= 11 is 0. The first-order valence-electron chi connectivity index (χ1n) is 9.22. The maximum atomic E-state index is 12.2. The third-order valence-corrected chi connectivity index (χ3v) is 5.12. The molecule has 0 saturated heterocycles. The second-order valence-electron chi connectivity index (χ2n) is 7.03. The van der Waals surface area contributed by atoms with Gasteiger partial charge in [-0.05, 0) is 65.8 Å². The van der Waals surface area contributed by atoms with E-state index >= 15 is 0 Å². The molecule has 6 nitrogen and oxygen atoms in total. The Labute approximate surface area is 165 Å². The molecule has 146 valence electrons. The fourth-order valence-electron chi connectivity index (χ4n) is 3.57. The molecule has 2 unspecified atom stereocenters. The average Bonchev–Trinajstić information content (AvgIpc) is 3.38. The molecule has 8 heteroatoms. The van der Waals surface area contributed by atoms with Crippen LogP contribution in [0.3, 0.4) is 0 Å². The Bertz CT molecular complexity index is 1130. The molecule has 0 radical (unpaired) electrons. The topological polar surface area (TPSA) is 75.7 Å². The minimum atomic E-state index is -2.84. The standard InChI is InChI=1S/C21H17F2N5O/c22-20(23)29-16-4-2-15(3-5-16)27-21-24-9-14(10-25-21)18-8-17(18)12-1-6-19-13(7-12)11-26-28-19/h1-7,9-11,17-18,20H,8H2,(H,26,28)(H,24,25,27). The van der Waals surface area contributed by atoms with Crippen molar-refractivity contribution in [2.24, 2.45) is 0 Å². The first-order valence-corrected chi connectivity index (χ1v) is 9.22. The monoisotopic (exact) mass is 393 g/mol. The van der Waals surface area contributed by atoms with E-state index in [-0.39, 0.29) is 5.75 Å². The summed E-state index contributed by atoms with van der Waals surface area (Å²) in [6, 6.07) is 12.6. The number of ether oxygens (including phenoxy) is 1. The van der Waals surface area contributed by atoms with Crippen LogP contribution >= 0.6 is 0 Å². The summed E-state index contributed by atoms with van der Waals surface area (Å²) in [5, 5.41) is 11.2. The number of aromatic amines is 1. The van der Waals surface area contributed by atoms with Gasteiger partial charge >= 0.3 is 6.61 Å². The Morgan fingerprint density at radius 2 is 1.72 bits per heavy atom. The maximum absolute atomic E-state index is 12.2. The molecule has 2 atom stereocenters. The minimum absolute atomic E-state index is 0.107. The third-order valence-electron chi connectivity index (χ3n) is 5.12. The number of benzene rings is 2. The van der Waals surface area contributed by atoms with Gasteiger partial charge < -0.3 is 10.1 Å². The summed E-state index contributed by atoms with van der Waals surface area (Å²) in [4.78, 5) is 8.77. The van der Waals surface area contributed by atoms with Gasteiger partial charge in [0.05, 0.1) is 11.7 Å². The first-order chi connectivity index (χ1) is 14.2. The number of nitrogens with one attached hydrogen (secondary N) is 2. The number of rotatable bonds is 6. The van der Waals surface area contributed by atoms with Crippen LogP contribution in [0.4, 0.5) is 20.4 Å². The smallest absolute Gasteiger partial charge is 0.387 e. The van der Waals surface area contributed by atoms with Crippen LogP contribution in [0.15, 0.2) is 61.1 Å². The van der Waals surface area contributed by atoms with Gasteiger partial charge in [0.1, 0.15) is 5.75 Å². The van der Waals surface area contributed by atoms with Crippen molar-refractivity contribution in [3.63, 3.8) is 0 Å². The highest BCUT2D eigenvalue weighted by Crippen LogP contribution is 2.54. The molecule has 0 amide bonds. The van der Waals surface area contributed by atoms with Crippen molar-refractivity contribution in [3.05, 3.63) is 72.2 Å². The first kappa shape index (κ1) is 17.5. The molecule has 2 aromatic carbocycles. The predicted octanol–water partition coefficient (Wildman–Crippen LogP) is 4.97. The lowest BCUT2D eigenvalue weighted by Crippen LogP contribution is -2.02. The van der Waals surface area contributed by atoms with Crippen LogP contribution < -0.4 is 10.1 Å². The lowest BCUT2D eigenvalue weighted by Gasteiger charge is -2.08. The Hall–Kier alpha value is -3.55. The molecule has 0 spiro atoms. The van der Waals surface area contributed by atoms with Crippen LogP contribution in [-0.2, 0) is 0 Å². The Balaban J connectivity index is 1.24. The van der Waals surface area contributed by atoms with E-state index in [1.165, 1.54) is 17.7 Å². The molecule has 29 heavy (non-hydrogen) atoms. The summed E-state index contributed by atoms with van der Waals surface area (Å²) in [6.07, 6.45) is 6.59. The number of hydrogen-bond donors (Lipinski definition) is 2. The van der Waals surface area contributed by atoms with Crippen molar-refractivity contribution < 1.29 is 13.5 Å². The van der Waals surface area contributed by atoms with E-state index in [4.69, 9.17) is 0 Å². The second kappa shape index (κ2) is 7.12. The van der Waals surface area contributed by atoms with Crippen LogP contribution in [0.25, 0.3) is 10.9 Å². The molecule has 4 aromatic rings. The summed E-state index contributed by atoms with van der Waals surface area (Å²) in [7, 11) is 0. The molecule has 2 N–H and O–H groups in total. The van der Waals surface area contributed by atoms with Gasteiger partial charge in [-0.2, -0.15) is 13.9 Å². The van der Waals surface area contributed by atoms with Gasteiger partial charge in [-0.3, -0.25) is 5.10 Å². The Kier molecular flexibility index (Phi) is 4.31. The zero-order chi connectivity index (χ0) is 19.8. The Morgan fingerprint density at radius 3 is 2.48 bits per heavy atom. The molecule has 1 aliphatic carbocycles. The highest BCUT2D eigenvalue weighted by molar-refractivity contribution is 5.78. The lowest BCUT2D eigenvalue weighted by atomic mass is 10.1. The maximum Gasteiger partial charge on any atom is 0.387 e. The molecule has 1 saturated carbocycles. The third kappa shape index (κ3) is 3.73. The van der Waals surface area contributed by atoms with Crippen LogP contribution in [0.5, 0.6) is 5.75 Å². The van der Waals surface area contributed by atoms with Crippen molar-refractivity contribution >= 4 is 22.5 Å².